The Bertz CT molecular complexity index is 1460. The number of carbonyl (C=O) groups excluding carboxylic acids is 3. The molecule has 1 saturated heterocycles. The molecule has 1 aliphatic heterocycles. The Morgan fingerprint density at radius 2 is 1.84 bits per heavy atom. The van der Waals surface area contributed by atoms with Crippen LogP contribution in [0, 0.1) is 6.92 Å². The van der Waals surface area contributed by atoms with E-state index in [0.717, 1.165) is 4.90 Å². The average molecular weight is 565 g/mol. The zero-order chi connectivity index (χ0) is 26.7. The van der Waals surface area contributed by atoms with E-state index >= 15 is 0 Å². The van der Waals surface area contributed by atoms with E-state index in [-0.39, 0.29) is 17.7 Å². The molecule has 0 aliphatic carbocycles. The highest BCUT2D eigenvalue weighted by Crippen LogP contribution is 2.38. The van der Waals surface area contributed by atoms with Gasteiger partial charge in [-0.25, -0.2) is 14.5 Å². The summed E-state index contributed by atoms with van der Waals surface area (Å²) in [5.41, 5.74) is 2.07. The van der Waals surface area contributed by atoms with Gasteiger partial charge in [0.25, 0.3) is 11.8 Å². The number of para-hydroxylation sites is 1. The summed E-state index contributed by atoms with van der Waals surface area (Å²) in [6.07, 6.45) is 1.36. The van der Waals surface area contributed by atoms with Gasteiger partial charge in [-0.2, -0.15) is 0 Å². The first-order valence-electron chi connectivity index (χ1n) is 11.0. The molecule has 2 N–H and O–H groups in total. The molecule has 1 heterocycles. The second-order valence-corrected chi connectivity index (χ2v) is 8.93. The Labute approximate surface area is 220 Å². The molecule has 37 heavy (non-hydrogen) atoms. The molecule has 9 nitrogen and oxygen atoms in total. The van der Waals surface area contributed by atoms with Gasteiger partial charge in [-0.3, -0.25) is 14.9 Å². The van der Waals surface area contributed by atoms with Crippen LogP contribution in [0.15, 0.2) is 70.7 Å². The van der Waals surface area contributed by atoms with E-state index in [0.29, 0.717) is 38.3 Å². The number of amides is 4. The van der Waals surface area contributed by atoms with E-state index in [9.17, 15) is 24.3 Å². The van der Waals surface area contributed by atoms with Crippen molar-refractivity contribution in [1.29, 1.82) is 0 Å². The fraction of sp³-hybridized carbons (Fsp3) is 0.111. The molecule has 1 fully saturated rings. The van der Waals surface area contributed by atoms with Crippen LogP contribution in [0.3, 0.4) is 0 Å². The van der Waals surface area contributed by atoms with Gasteiger partial charge in [-0.1, -0.05) is 30.3 Å². The van der Waals surface area contributed by atoms with Crippen LogP contribution in [0.25, 0.3) is 6.08 Å². The number of rotatable bonds is 7. The van der Waals surface area contributed by atoms with Gasteiger partial charge >= 0.3 is 12.0 Å². The zero-order valence-electron chi connectivity index (χ0n) is 19.8. The molecule has 10 heteroatoms. The highest BCUT2D eigenvalue weighted by atomic mass is 79.9. The van der Waals surface area contributed by atoms with E-state index < -0.39 is 23.8 Å². The van der Waals surface area contributed by atoms with Crippen LogP contribution in [0.5, 0.6) is 11.5 Å². The van der Waals surface area contributed by atoms with Gasteiger partial charge in [0.05, 0.1) is 22.8 Å². The molecule has 0 spiro atoms. The lowest BCUT2D eigenvalue weighted by molar-refractivity contribution is -0.122. The van der Waals surface area contributed by atoms with Crippen LogP contribution in [0.2, 0.25) is 0 Å². The van der Waals surface area contributed by atoms with Crippen molar-refractivity contribution in [2.24, 2.45) is 0 Å². The molecule has 0 radical (unpaired) electrons. The number of anilines is 1. The number of carbonyl (C=O) groups is 4. The van der Waals surface area contributed by atoms with E-state index in [1.54, 1.807) is 55.5 Å². The average Bonchev–Trinajstić information content (AvgIpc) is 2.86. The number of carboxylic acid groups (broad SMARTS) is 1. The van der Waals surface area contributed by atoms with Gasteiger partial charge in [0.2, 0.25) is 0 Å². The lowest BCUT2D eigenvalue weighted by Gasteiger charge is -2.27. The van der Waals surface area contributed by atoms with Crippen molar-refractivity contribution in [3.05, 3.63) is 93.0 Å². The number of aromatic carboxylic acids is 1. The van der Waals surface area contributed by atoms with Crippen molar-refractivity contribution < 1.29 is 33.8 Å². The van der Waals surface area contributed by atoms with E-state index in [1.807, 2.05) is 0 Å². The molecule has 188 valence electrons. The van der Waals surface area contributed by atoms with Crippen molar-refractivity contribution in [3.63, 3.8) is 0 Å². The quantitative estimate of drug-likeness (QED) is 0.314. The fourth-order valence-electron chi connectivity index (χ4n) is 3.77. The topological polar surface area (TPSA) is 122 Å². The molecule has 3 aromatic rings. The van der Waals surface area contributed by atoms with Crippen LogP contribution < -0.4 is 19.7 Å². The summed E-state index contributed by atoms with van der Waals surface area (Å²) in [5.74, 6) is -1.94. The first-order valence-corrected chi connectivity index (χ1v) is 11.8. The van der Waals surface area contributed by atoms with Gasteiger partial charge in [0, 0.05) is 0 Å². The Morgan fingerprint density at radius 3 is 2.54 bits per heavy atom. The third-order valence-electron chi connectivity index (χ3n) is 5.58. The SMILES string of the molecule is COc1cc(/C=C2\C(=O)NC(=O)N(c3ccccc3C)C2=O)cc(Br)c1OCc1cccc(C(=O)O)c1. The number of ether oxygens (including phenoxy) is 2. The molecule has 3 aromatic carbocycles. The standard InChI is InChI=1S/C27H21BrN2O7/c1-15-6-3-4-9-21(15)30-25(32)19(24(31)29-27(30)35)11-17-12-20(28)23(22(13-17)36-2)37-14-16-7-5-8-18(10-16)26(33)34/h3-13H,14H2,1-2H3,(H,33,34)(H,29,31,35)/b19-11+. The molecule has 0 bridgehead atoms. The Hall–Kier alpha value is -4.44. The largest absolute Gasteiger partial charge is 0.493 e. The molecule has 0 atom stereocenters. The number of benzene rings is 3. The Kier molecular flexibility index (Phi) is 7.40. The molecule has 0 aromatic heterocycles. The third-order valence-corrected chi connectivity index (χ3v) is 6.17. The Balaban J connectivity index is 1.64. The number of methoxy groups -OCH3 is 1. The summed E-state index contributed by atoms with van der Waals surface area (Å²) >= 11 is 3.43. The number of nitrogens with zero attached hydrogens (tertiary/aromatic N) is 1. The van der Waals surface area contributed by atoms with Crippen LogP contribution in [0.1, 0.15) is 27.0 Å². The number of hydrogen-bond acceptors (Lipinski definition) is 6. The molecular weight excluding hydrogens is 544 g/mol. The summed E-state index contributed by atoms with van der Waals surface area (Å²) in [5, 5.41) is 11.4. The number of imide groups is 2. The first kappa shape index (κ1) is 25.6. The van der Waals surface area contributed by atoms with Crippen molar-refractivity contribution in [2.45, 2.75) is 13.5 Å². The molecular formula is C27H21BrN2O7. The van der Waals surface area contributed by atoms with Gasteiger partial charge in [-0.15, -0.1) is 0 Å². The molecule has 0 unspecified atom stereocenters. The maximum absolute atomic E-state index is 13.2. The summed E-state index contributed by atoms with van der Waals surface area (Å²) in [6.45, 7) is 1.83. The van der Waals surface area contributed by atoms with Crippen LogP contribution in [-0.4, -0.2) is 36.0 Å². The second kappa shape index (κ2) is 10.7. The number of nitrogens with one attached hydrogen (secondary N) is 1. The predicted molar refractivity (Wildman–Crippen MR) is 139 cm³/mol. The number of hydrogen-bond donors (Lipinski definition) is 2. The number of carboxylic acids is 1. The first-order chi connectivity index (χ1) is 17.7. The second-order valence-electron chi connectivity index (χ2n) is 8.07. The maximum atomic E-state index is 13.2. The third kappa shape index (κ3) is 5.39. The minimum absolute atomic E-state index is 0.0743. The normalized spacial score (nSPS) is 14.5. The number of halogens is 1. The van der Waals surface area contributed by atoms with Crippen LogP contribution >= 0.6 is 15.9 Å². The van der Waals surface area contributed by atoms with E-state index in [2.05, 4.69) is 21.2 Å². The summed E-state index contributed by atoms with van der Waals surface area (Å²) in [4.78, 5) is 50.4. The minimum atomic E-state index is -1.04. The summed E-state index contributed by atoms with van der Waals surface area (Å²) in [6, 6.07) is 15.6. The smallest absolute Gasteiger partial charge is 0.335 e. The van der Waals surface area contributed by atoms with Crippen molar-refractivity contribution in [2.75, 3.05) is 12.0 Å². The molecule has 0 saturated carbocycles. The molecule has 1 aliphatic rings. The van der Waals surface area contributed by atoms with Gasteiger partial charge < -0.3 is 14.6 Å². The summed E-state index contributed by atoms with van der Waals surface area (Å²) in [7, 11) is 1.44. The maximum Gasteiger partial charge on any atom is 0.335 e. The van der Waals surface area contributed by atoms with E-state index in [4.69, 9.17) is 9.47 Å². The monoisotopic (exact) mass is 564 g/mol. The fourth-order valence-corrected chi connectivity index (χ4v) is 4.34. The number of barbiturate groups is 1. The number of aryl methyl sites for hydroxylation is 1. The molecule has 4 amide bonds. The van der Waals surface area contributed by atoms with Crippen molar-refractivity contribution in [3.8, 4) is 11.5 Å². The van der Waals surface area contributed by atoms with Crippen LogP contribution in [-0.2, 0) is 16.2 Å². The predicted octanol–water partition coefficient (Wildman–Crippen LogP) is 4.71. The minimum Gasteiger partial charge on any atom is -0.493 e. The summed E-state index contributed by atoms with van der Waals surface area (Å²) < 4.78 is 11.8. The van der Waals surface area contributed by atoms with Crippen molar-refractivity contribution in [1.82, 2.24) is 5.32 Å². The zero-order valence-corrected chi connectivity index (χ0v) is 21.4. The lowest BCUT2D eigenvalue weighted by Crippen LogP contribution is -2.54. The van der Waals surface area contributed by atoms with Gasteiger partial charge in [0.1, 0.15) is 12.2 Å². The van der Waals surface area contributed by atoms with E-state index in [1.165, 1.54) is 25.3 Å². The van der Waals surface area contributed by atoms with Crippen molar-refractivity contribution >= 4 is 51.5 Å². The Morgan fingerprint density at radius 1 is 1.08 bits per heavy atom. The highest BCUT2D eigenvalue weighted by molar-refractivity contribution is 9.10. The van der Waals surface area contributed by atoms with Crippen LogP contribution in [0.4, 0.5) is 10.5 Å². The number of urea groups is 1. The van der Waals surface area contributed by atoms with Gasteiger partial charge in [0.15, 0.2) is 11.5 Å². The lowest BCUT2D eigenvalue weighted by atomic mass is 10.1. The molecule has 4 rings (SSSR count). The van der Waals surface area contributed by atoms with Gasteiger partial charge in [-0.05, 0) is 76.0 Å². The highest BCUT2D eigenvalue weighted by Gasteiger charge is 2.37.